The molecule has 4 heterocycles. The van der Waals surface area contributed by atoms with Crippen molar-refractivity contribution in [1.82, 2.24) is 8.80 Å². The van der Waals surface area contributed by atoms with Crippen molar-refractivity contribution in [3.8, 4) is 12.1 Å². The van der Waals surface area contributed by atoms with Crippen LogP contribution in [0.1, 0.15) is 213 Å². The number of hydrogen-bond acceptors (Lipinski definition) is 2. The van der Waals surface area contributed by atoms with Crippen LogP contribution in [0.5, 0.6) is 0 Å². The van der Waals surface area contributed by atoms with Gasteiger partial charge in [0.2, 0.25) is 0 Å². The lowest BCUT2D eigenvalue weighted by Crippen LogP contribution is -2.45. The van der Waals surface area contributed by atoms with Gasteiger partial charge in [0, 0.05) is 43.1 Å². The van der Waals surface area contributed by atoms with Crippen molar-refractivity contribution >= 4 is 76.2 Å². The van der Waals surface area contributed by atoms with E-state index in [9.17, 15) is 10.5 Å². The van der Waals surface area contributed by atoms with Crippen LogP contribution in [-0.4, -0.2) is 8.80 Å². The van der Waals surface area contributed by atoms with Crippen molar-refractivity contribution in [2.24, 2.45) is 0 Å². The summed E-state index contributed by atoms with van der Waals surface area (Å²) < 4.78 is 5.40. The van der Waals surface area contributed by atoms with Crippen LogP contribution in [0.3, 0.4) is 0 Å². The van der Waals surface area contributed by atoms with E-state index in [2.05, 4.69) is 106 Å². The third-order valence-electron chi connectivity index (χ3n) is 23.3. The molecule has 332 valence electrons. The second-order valence-electron chi connectivity index (χ2n) is 26.8. The van der Waals surface area contributed by atoms with E-state index in [-0.39, 0.29) is 37.9 Å². The molecule has 4 heteroatoms. The summed E-state index contributed by atoms with van der Waals surface area (Å²) >= 11 is 0. The Morgan fingerprint density at radius 2 is 0.776 bits per heavy atom. The Hall–Kier alpha value is -5.32. The first-order valence-electron chi connectivity index (χ1n) is 26.6. The molecule has 5 aromatic carbocycles. The summed E-state index contributed by atoms with van der Waals surface area (Å²) in [6, 6.07) is 21.1. The maximum Gasteiger partial charge on any atom is 0.0995 e. The van der Waals surface area contributed by atoms with Gasteiger partial charge >= 0.3 is 0 Å². The van der Waals surface area contributed by atoms with E-state index in [0.29, 0.717) is 5.92 Å². The highest BCUT2D eigenvalue weighted by Gasteiger charge is 2.54. The summed E-state index contributed by atoms with van der Waals surface area (Å²) in [5.74, 6) is 0.569. The van der Waals surface area contributed by atoms with E-state index < -0.39 is 0 Å². The lowest BCUT2D eigenvalue weighted by atomic mass is 9.51. The van der Waals surface area contributed by atoms with E-state index in [1.54, 1.807) is 22.3 Å². The number of aromatic nitrogens is 2. The molecule has 4 aromatic heterocycles. The molecule has 12 aliphatic carbocycles. The van der Waals surface area contributed by atoms with Gasteiger partial charge in [0.05, 0.1) is 56.4 Å². The Morgan fingerprint density at radius 3 is 1.25 bits per heavy atom. The van der Waals surface area contributed by atoms with Crippen LogP contribution in [0.25, 0.3) is 76.2 Å². The van der Waals surface area contributed by atoms with Crippen molar-refractivity contribution in [2.45, 2.75) is 195 Å². The van der Waals surface area contributed by atoms with E-state index in [1.165, 1.54) is 201 Å². The Morgan fingerprint density at radius 1 is 0.388 bits per heavy atom. The van der Waals surface area contributed by atoms with Crippen LogP contribution >= 0.6 is 0 Å². The second kappa shape index (κ2) is 10.8. The molecule has 0 spiro atoms. The highest BCUT2D eigenvalue weighted by molar-refractivity contribution is 6.31. The first-order chi connectivity index (χ1) is 32.1. The van der Waals surface area contributed by atoms with E-state index in [4.69, 9.17) is 0 Å². The zero-order valence-corrected chi connectivity index (χ0v) is 40.6. The number of nitrogens with zero attached hydrogens (tertiary/aromatic N) is 4. The lowest BCUT2D eigenvalue weighted by molar-refractivity contribution is 0.189. The average Bonchev–Trinajstić information content (AvgIpc) is 4.05. The fraction of sp³-hybridized carbons (Fsp3) is 0.492. The van der Waals surface area contributed by atoms with Crippen LogP contribution in [0, 0.1) is 22.7 Å². The SMILES string of the molecule is CC12CCC(CC1)c1c2cc2c3c4c(c(C#N)cc3n3c5cc6c7c8c(cc9c%10c%11c(c(C#N)cc%10n(c6cc5c1c23)c97)C1(C)CCC%11(C)CC1)C1(C)CCC8(C)CC1)C1(C)CCC4(C)CC1. The topological polar surface area (TPSA) is 56.4 Å². The first kappa shape index (κ1) is 37.6. The minimum atomic E-state index is 0.0442. The van der Waals surface area contributed by atoms with Gasteiger partial charge in [0.25, 0.3) is 0 Å². The van der Waals surface area contributed by atoms with Crippen molar-refractivity contribution in [1.29, 1.82) is 10.5 Å². The summed E-state index contributed by atoms with van der Waals surface area (Å²) in [6.07, 6.45) is 19.5. The third kappa shape index (κ3) is 3.79. The summed E-state index contributed by atoms with van der Waals surface area (Å²) in [5, 5.41) is 33.9. The third-order valence-corrected chi connectivity index (χ3v) is 23.3. The predicted octanol–water partition coefficient (Wildman–Crippen LogP) is 16.0. The molecule has 67 heavy (non-hydrogen) atoms. The molecule has 4 saturated carbocycles. The number of hydrogen-bond donors (Lipinski definition) is 0. The minimum absolute atomic E-state index is 0.0442. The zero-order chi connectivity index (χ0) is 45.1. The standard InChI is InChI=1S/C63H60N4/c1-57-10-8-32(9-11-57)45-39(57)26-37-46-43(24-33(30-64)50-53(46)62(6)20-16-59(50,3)17-21-62)66-41-29-36-42(28-35(41)48(45)55(37)66)67-44-25-34(31-65)51-54(63(7)22-18-60(51,4)19-23-63)47(44)38-27-40-52(49(36)56(38)67)61(5)14-12-58(40,2)13-15-61/h24-29,32H,8-23H2,1-7H3. The molecular formula is C63H60N4. The predicted molar refractivity (Wildman–Crippen MR) is 273 cm³/mol. The highest BCUT2D eigenvalue weighted by Crippen LogP contribution is 2.66. The van der Waals surface area contributed by atoms with Gasteiger partial charge in [-0.3, -0.25) is 0 Å². The van der Waals surface area contributed by atoms with Gasteiger partial charge in [0.1, 0.15) is 0 Å². The van der Waals surface area contributed by atoms with Crippen molar-refractivity contribution < 1.29 is 0 Å². The number of benzene rings is 5. The normalized spacial score (nSPS) is 35.6. The molecule has 8 bridgehead atoms. The van der Waals surface area contributed by atoms with Crippen LogP contribution in [0.15, 0.2) is 36.4 Å². The largest absolute Gasteiger partial charge is 0.308 e. The smallest absolute Gasteiger partial charge is 0.0995 e. The van der Waals surface area contributed by atoms with Crippen LogP contribution in [0.4, 0.5) is 0 Å². The van der Waals surface area contributed by atoms with Gasteiger partial charge < -0.3 is 8.80 Å². The monoisotopic (exact) mass is 872 g/mol. The summed E-state index contributed by atoms with van der Waals surface area (Å²) in [6.45, 7) is 17.8. The second-order valence-corrected chi connectivity index (χ2v) is 26.8. The Bertz CT molecular complexity index is 4000. The molecule has 0 aliphatic heterocycles. The average molecular weight is 873 g/mol. The highest BCUT2D eigenvalue weighted by atomic mass is 14.9. The van der Waals surface area contributed by atoms with Gasteiger partial charge in [-0.15, -0.1) is 0 Å². The van der Waals surface area contributed by atoms with Crippen LogP contribution in [-0.2, 0) is 37.9 Å². The molecule has 0 amide bonds. The number of fused-ring (bicyclic) bond motifs is 20. The molecule has 4 nitrogen and oxygen atoms in total. The van der Waals surface area contributed by atoms with Gasteiger partial charge in [-0.2, -0.15) is 10.5 Å². The molecule has 0 saturated heterocycles. The number of nitriles is 2. The van der Waals surface area contributed by atoms with Gasteiger partial charge in [-0.1, -0.05) is 48.5 Å². The summed E-state index contributed by atoms with van der Waals surface area (Å²) in [4.78, 5) is 0. The number of rotatable bonds is 0. The Labute approximate surface area is 392 Å². The molecular weight excluding hydrogens is 813 g/mol. The van der Waals surface area contributed by atoms with Crippen LogP contribution < -0.4 is 0 Å². The first-order valence-corrected chi connectivity index (χ1v) is 26.6. The van der Waals surface area contributed by atoms with Crippen molar-refractivity contribution in [3.63, 3.8) is 0 Å². The van der Waals surface area contributed by atoms with Gasteiger partial charge in [-0.05, 0) is 227 Å². The molecule has 21 rings (SSSR count). The lowest BCUT2D eigenvalue weighted by Gasteiger charge is -2.53. The van der Waals surface area contributed by atoms with Gasteiger partial charge in [-0.25, -0.2) is 0 Å². The maximum atomic E-state index is 11.2. The summed E-state index contributed by atoms with van der Waals surface area (Å²) in [7, 11) is 0. The molecule has 0 unspecified atom stereocenters. The van der Waals surface area contributed by atoms with Crippen molar-refractivity contribution in [3.05, 3.63) is 92.0 Å². The maximum absolute atomic E-state index is 11.2. The van der Waals surface area contributed by atoms with E-state index in [1.807, 2.05) is 0 Å². The molecule has 0 atom stereocenters. The molecule has 0 radical (unpaired) electrons. The van der Waals surface area contributed by atoms with E-state index in [0.717, 1.165) is 11.1 Å². The molecule has 0 N–H and O–H groups in total. The Balaban J connectivity index is 1.13. The fourth-order valence-corrected chi connectivity index (χ4v) is 19.1. The molecule has 9 aromatic rings. The quantitative estimate of drug-likeness (QED) is 0.152. The molecule has 12 aliphatic rings. The van der Waals surface area contributed by atoms with Crippen molar-refractivity contribution in [2.75, 3.05) is 0 Å². The fourth-order valence-electron chi connectivity index (χ4n) is 19.1. The van der Waals surface area contributed by atoms with Gasteiger partial charge in [0.15, 0.2) is 0 Å². The Kier molecular flexibility index (Phi) is 6.05. The minimum Gasteiger partial charge on any atom is -0.308 e. The van der Waals surface area contributed by atoms with E-state index >= 15 is 0 Å². The molecule has 4 fully saturated rings. The summed E-state index contributed by atoms with van der Waals surface area (Å²) in [5.41, 5.74) is 22.7. The zero-order valence-electron chi connectivity index (χ0n) is 40.6. The van der Waals surface area contributed by atoms with Crippen LogP contribution in [0.2, 0.25) is 0 Å².